The van der Waals surface area contributed by atoms with Crippen LogP contribution in [-0.4, -0.2) is 19.3 Å². The number of nitrogens with two attached hydrogens (primary N) is 1. The molecule has 0 aliphatic heterocycles. The lowest BCUT2D eigenvalue weighted by molar-refractivity contribution is 0.595. The molecule has 5 heteroatoms. The van der Waals surface area contributed by atoms with Crippen LogP contribution in [0.15, 0.2) is 12.4 Å². The third-order valence-electron chi connectivity index (χ3n) is 3.60. The molecule has 104 valence electrons. The van der Waals surface area contributed by atoms with Crippen LogP contribution in [0.5, 0.6) is 0 Å². The van der Waals surface area contributed by atoms with Gasteiger partial charge in [0.1, 0.15) is 5.82 Å². The summed E-state index contributed by atoms with van der Waals surface area (Å²) in [5.74, 6) is 1.05. The number of aryl methyl sites for hydroxylation is 3. The van der Waals surface area contributed by atoms with Crippen molar-refractivity contribution in [2.75, 3.05) is 0 Å². The van der Waals surface area contributed by atoms with Crippen molar-refractivity contribution in [3.05, 3.63) is 35.2 Å². The summed E-state index contributed by atoms with van der Waals surface area (Å²) in [6.07, 6.45) is 5.72. The fourth-order valence-electron chi connectivity index (χ4n) is 2.60. The number of hydrogen-bond acceptors (Lipinski definition) is 3. The van der Waals surface area contributed by atoms with Crippen molar-refractivity contribution in [2.24, 2.45) is 12.8 Å². The van der Waals surface area contributed by atoms with E-state index in [-0.39, 0.29) is 6.04 Å². The zero-order chi connectivity index (χ0) is 14.0. The minimum atomic E-state index is -0.0493. The minimum absolute atomic E-state index is 0.0493. The Balaban J connectivity index is 2.20. The molecule has 19 heavy (non-hydrogen) atoms. The van der Waals surface area contributed by atoms with Crippen LogP contribution < -0.4 is 5.73 Å². The van der Waals surface area contributed by atoms with Gasteiger partial charge < -0.3 is 10.3 Å². The Labute approximate surface area is 114 Å². The first-order valence-corrected chi connectivity index (χ1v) is 6.80. The average Bonchev–Trinajstić information content (AvgIpc) is 2.86. The van der Waals surface area contributed by atoms with Crippen LogP contribution in [-0.2, 0) is 20.0 Å². The lowest BCUT2D eigenvalue weighted by Crippen LogP contribution is -2.18. The molecule has 0 saturated heterocycles. The molecule has 0 amide bonds. The van der Waals surface area contributed by atoms with Gasteiger partial charge >= 0.3 is 0 Å². The van der Waals surface area contributed by atoms with Crippen LogP contribution in [0.2, 0.25) is 0 Å². The van der Waals surface area contributed by atoms with E-state index in [1.165, 1.54) is 0 Å². The lowest BCUT2D eigenvalue weighted by Gasteiger charge is -2.13. The van der Waals surface area contributed by atoms with Gasteiger partial charge in [-0.15, -0.1) is 0 Å². The van der Waals surface area contributed by atoms with Crippen LogP contribution in [0, 0.1) is 13.8 Å². The highest BCUT2D eigenvalue weighted by molar-refractivity contribution is 5.28. The van der Waals surface area contributed by atoms with E-state index in [2.05, 4.69) is 28.5 Å². The quantitative estimate of drug-likeness (QED) is 0.894. The topological polar surface area (TPSA) is 61.7 Å². The number of nitrogens with zero attached hydrogens (tertiary/aromatic N) is 4. The molecule has 2 N–H and O–H groups in total. The molecule has 0 aliphatic rings. The minimum Gasteiger partial charge on any atom is -0.335 e. The molecule has 1 unspecified atom stereocenters. The van der Waals surface area contributed by atoms with Gasteiger partial charge in [-0.2, -0.15) is 5.10 Å². The Bertz CT molecular complexity index is 552. The molecule has 1 atom stereocenters. The van der Waals surface area contributed by atoms with Crippen molar-refractivity contribution in [3.63, 3.8) is 0 Å². The molecule has 2 aromatic rings. The van der Waals surface area contributed by atoms with Crippen LogP contribution in [0.4, 0.5) is 0 Å². The zero-order valence-electron chi connectivity index (χ0n) is 12.2. The second kappa shape index (κ2) is 5.57. The Morgan fingerprint density at radius 1 is 1.37 bits per heavy atom. The summed E-state index contributed by atoms with van der Waals surface area (Å²) in [7, 11) is 1.95. The molecular weight excluding hydrogens is 238 g/mol. The van der Waals surface area contributed by atoms with Crippen LogP contribution >= 0.6 is 0 Å². The molecule has 0 saturated carbocycles. The Kier molecular flexibility index (Phi) is 4.04. The van der Waals surface area contributed by atoms with E-state index in [9.17, 15) is 0 Å². The van der Waals surface area contributed by atoms with Crippen molar-refractivity contribution < 1.29 is 0 Å². The summed E-state index contributed by atoms with van der Waals surface area (Å²) in [5, 5.41) is 4.43. The number of aromatic nitrogens is 4. The maximum absolute atomic E-state index is 6.36. The molecule has 2 rings (SSSR count). The summed E-state index contributed by atoms with van der Waals surface area (Å²) >= 11 is 0. The Morgan fingerprint density at radius 3 is 2.68 bits per heavy atom. The number of imidazole rings is 1. The highest BCUT2D eigenvalue weighted by Gasteiger charge is 2.18. The molecule has 0 spiro atoms. The smallest absolute Gasteiger partial charge is 0.110 e. The first-order chi connectivity index (χ1) is 9.04. The second-order valence-electron chi connectivity index (χ2n) is 5.06. The van der Waals surface area contributed by atoms with Gasteiger partial charge in [0.2, 0.25) is 0 Å². The van der Waals surface area contributed by atoms with Crippen molar-refractivity contribution in [1.29, 1.82) is 0 Å². The maximum atomic E-state index is 6.36. The molecule has 0 bridgehead atoms. The fraction of sp³-hybridized carbons (Fsp3) is 0.571. The molecule has 2 aromatic heterocycles. The predicted molar refractivity (Wildman–Crippen MR) is 75.8 cm³/mol. The van der Waals surface area contributed by atoms with E-state index in [1.807, 2.05) is 31.0 Å². The summed E-state index contributed by atoms with van der Waals surface area (Å²) in [5.41, 5.74) is 9.66. The fourth-order valence-corrected chi connectivity index (χ4v) is 2.60. The largest absolute Gasteiger partial charge is 0.335 e. The van der Waals surface area contributed by atoms with E-state index >= 15 is 0 Å². The lowest BCUT2D eigenvalue weighted by atomic mass is 10.0. The second-order valence-corrected chi connectivity index (χ2v) is 5.06. The van der Waals surface area contributed by atoms with Gasteiger partial charge in [-0.25, -0.2) is 4.98 Å². The third-order valence-corrected chi connectivity index (χ3v) is 3.60. The predicted octanol–water partition coefficient (Wildman–Crippen LogP) is 1.89. The standard InChI is InChI=1S/C14H23N5/c1-5-7-19-8-6-16-13(19)9-12(15)14-10(2)17-18(4)11(14)3/h6,8,12H,5,7,9,15H2,1-4H3. The van der Waals surface area contributed by atoms with E-state index in [4.69, 9.17) is 5.73 Å². The van der Waals surface area contributed by atoms with Gasteiger partial charge in [0.05, 0.1) is 5.69 Å². The van der Waals surface area contributed by atoms with Gasteiger partial charge in [-0.05, 0) is 20.3 Å². The van der Waals surface area contributed by atoms with Crippen LogP contribution in [0.1, 0.15) is 42.2 Å². The van der Waals surface area contributed by atoms with Crippen molar-refractivity contribution >= 4 is 0 Å². The third kappa shape index (κ3) is 2.71. The van der Waals surface area contributed by atoms with Gasteiger partial charge in [-0.3, -0.25) is 4.68 Å². The first kappa shape index (κ1) is 13.8. The monoisotopic (exact) mass is 261 g/mol. The highest BCUT2D eigenvalue weighted by Crippen LogP contribution is 2.22. The SMILES string of the molecule is CCCn1ccnc1CC(N)c1c(C)nn(C)c1C. The zero-order valence-corrected chi connectivity index (χ0v) is 12.2. The molecular formula is C14H23N5. The summed E-state index contributed by atoms with van der Waals surface area (Å²) in [4.78, 5) is 4.42. The molecule has 0 fully saturated rings. The number of hydrogen-bond donors (Lipinski definition) is 1. The molecule has 0 radical (unpaired) electrons. The van der Waals surface area contributed by atoms with E-state index in [0.717, 1.165) is 42.2 Å². The average molecular weight is 261 g/mol. The van der Waals surface area contributed by atoms with Gasteiger partial charge in [0.25, 0.3) is 0 Å². The first-order valence-electron chi connectivity index (χ1n) is 6.80. The molecule has 0 aromatic carbocycles. The number of rotatable bonds is 5. The molecule has 2 heterocycles. The van der Waals surface area contributed by atoms with Gasteiger partial charge in [-0.1, -0.05) is 6.92 Å². The Morgan fingerprint density at radius 2 is 2.11 bits per heavy atom. The summed E-state index contributed by atoms with van der Waals surface area (Å²) in [6, 6.07) is -0.0493. The molecule has 5 nitrogen and oxygen atoms in total. The Hall–Kier alpha value is -1.62. The van der Waals surface area contributed by atoms with Crippen molar-refractivity contribution in [1.82, 2.24) is 19.3 Å². The maximum Gasteiger partial charge on any atom is 0.110 e. The summed E-state index contributed by atoms with van der Waals surface area (Å²) in [6.45, 7) is 7.24. The summed E-state index contributed by atoms with van der Waals surface area (Å²) < 4.78 is 4.07. The van der Waals surface area contributed by atoms with Gasteiger partial charge in [0.15, 0.2) is 0 Å². The highest BCUT2D eigenvalue weighted by atomic mass is 15.3. The molecule has 0 aliphatic carbocycles. The van der Waals surface area contributed by atoms with E-state index < -0.39 is 0 Å². The van der Waals surface area contributed by atoms with Gasteiger partial charge in [0, 0.05) is 49.7 Å². The normalized spacial score (nSPS) is 12.9. The van der Waals surface area contributed by atoms with E-state index in [0.29, 0.717) is 0 Å². The van der Waals surface area contributed by atoms with Crippen molar-refractivity contribution in [2.45, 2.75) is 46.2 Å². The van der Waals surface area contributed by atoms with Crippen molar-refractivity contribution in [3.8, 4) is 0 Å². The van der Waals surface area contributed by atoms with Crippen LogP contribution in [0.3, 0.4) is 0 Å². The van der Waals surface area contributed by atoms with Crippen LogP contribution in [0.25, 0.3) is 0 Å². The van der Waals surface area contributed by atoms with E-state index in [1.54, 1.807) is 0 Å².